The highest BCUT2D eigenvalue weighted by Gasteiger charge is 2.51. The van der Waals surface area contributed by atoms with Gasteiger partial charge in [-0.15, -0.1) is 0 Å². The number of carbonyl (C=O) groups excluding carboxylic acids is 2. The van der Waals surface area contributed by atoms with E-state index in [2.05, 4.69) is 26.0 Å². The molecular weight excluding hydrogens is 888 g/mol. The monoisotopic (exact) mass is 991 g/mol. The van der Waals surface area contributed by atoms with Crippen molar-refractivity contribution in [3.05, 3.63) is 12.2 Å². The number of allylic oxidation sites excluding steroid dienone is 2. The van der Waals surface area contributed by atoms with E-state index in [0.717, 1.165) is 51.4 Å². The van der Waals surface area contributed by atoms with Gasteiger partial charge in [0.25, 0.3) is 0 Å². The number of hydrogen-bond acceptors (Lipinski definition) is 12. The molecule has 0 aromatic carbocycles. The first-order chi connectivity index (χ1) is 32.9. The van der Waals surface area contributed by atoms with E-state index >= 15 is 0 Å². The summed E-state index contributed by atoms with van der Waals surface area (Å²) in [5, 5.41) is 50.3. The molecule has 68 heavy (non-hydrogen) atoms. The summed E-state index contributed by atoms with van der Waals surface area (Å²) in [6, 6.07) is 0. The Morgan fingerprint density at radius 2 is 0.750 bits per heavy atom. The molecule has 13 nitrogen and oxygen atoms in total. The van der Waals surface area contributed by atoms with Crippen molar-refractivity contribution in [1.82, 2.24) is 0 Å². The van der Waals surface area contributed by atoms with E-state index in [1.807, 2.05) is 0 Å². The van der Waals surface area contributed by atoms with E-state index in [-0.39, 0.29) is 12.8 Å². The Kier molecular flexibility index (Phi) is 42.1. The molecular formula is C54H103O13P. The second kappa shape index (κ2) is 44.3. The Balaban J connectivity index is 2.34. The quantitative estimate of drug-likeness (QED) is 0.0145. The van der Waals surface area contributed by atoms with Gasteiger partial charge in [-0.1, -0.05) is 225 Å². The molecule has 6 unspecified atom stereocenters. The summed E-state index contributed by atoms with van der Waals surface area (Å²) in [7, 11) is -5.12. The fraction of sp³-hybridized carbons (Fsp3) is 0.926. The van der Waals surface area contributed by atoms with Gasteiger partial charge in [-0.05, 0) is 38.5 Å². The number of hydrogen-bond donors (Lipinski definition) is 6. The molecule has 0 aromatic heterocycles. The average molecular weight is 991 g/mol. The summed E-state index contributed by atoms with van der Waals surface area (Å²) in [5.74, 6) is -1.08. The highest BCUT2D eigenvalue weighted by molar-refractivity contribution is 7.47. The Bertz CT molecular complexity index is 1240. The van der Waals surface area contributed by atoms with Crippen molar-refractivity contribution in [2.75, 3.05) is 13.2 Å². The van der Waals surface area contributed by atoms with Crippen LogP contribution in [0.2, 0.25) is 0 Å². The molecule has 0 saturated heterocycles. The number of phosphoric ester groups is 1. The number of aliphatic hydroxyl groups is 5. The lowest BCUT2D eigenvalue weighted by atomic mass is 9.85. The minimum Gasteiger partial charge on any atom is -0.462 e. The third kappa shape index (κ3) is 35.7. The van der Waals surface area contributed by atoms with E-state index < -0.39 is 75.7 Å². The molecule has 0 aliphatic heterocycles. The summed E-state index contributed by atoms with van der Waals surface area (Å²) >= 11 is 0. The maximum absolute atomic E-state index is 12.9. The molecule has 0 aromatic rings. The zero-order chi connectivity index (χ0) is 49.9. The van der Waals surface area contributed by atoms with E-state index in [1.54, 1.807) is 0 Å². The summed E-state index contributed by atoms with van der Waals surface area (Å²) in [4.78, 5) is 35.9. The van der Waals surface area contributed by atoms with Gasteiger partial charge in [0, 0.05) is 12.8 Å². The van der Waals surface area contributed by atoms with E-state index in [1.165, 1.54) is 173 Å². The van der Waals surface area contributed by atoms with Crippen LogP contribution < -0.4 is 0 Å². The van der Waals surface area contributed by atoms with Gasteiger partial charge in [0.2, 0.25) is 0 Å². The Hall–Kier alpha value is -1.41. The molecule has 0 bridgehead atoms. The second-order valence-electron chi connectivity index (χ2n) is 19.8. The van der Waals surface area contributed by atoms with Crippen LogP contribution in [0.5, 0.6) is 0 Å². The van der Waals surface area contributed by atoms with Gasteiger partial charge in [-0.25, -0.2) is 4.57 Å². The lowest BCUT2D eigenvalue weighted by Crippen LogP contribution is -2.64. The molecule has 0 spiro atoms. The topological polar surface area (TPSA) is 210 Å². The third-order valence-electron chi connectivity index (χ3n) is 13.4. The first-order valence-electron chi connectivity index (χ1n) is 28.0. The predicted octanol–water partition coefficient (Wildman–Crippen LogP) is 12.6. The van der Waals surface area contributed by atoms with Crippen LogP contribution in [0.15, 0.2) is 12.2 Å². The maximum Gasteiger partial charge on any atom is 0.472 e. The zero-order valence-corrected chi connectivity index (χ0v) is 44.1. The first-order valence-corrected chi connectivity index (χ1v) is 29.5. The Labute approximate surface area is 413 Å². The minimum absolute atomic E-state index is 0.0994. The lowest BCUT2D eigenvalue weighted by molar-refractivity contribution is -0.220. The van der Waals surface area contributed by atoms with E-state index in [9.17, 15) is 44.6 Å². The van der Waals surface area contributed by atoms with E-state index in [4.69, 9.17) is 18.5 Å². The highest BCUT2D eigenvalue weighted by Crippen LogP contribution is 2.47. The lowest BCUT2D eigenvalue weighted by Gasteiger charge is -2.41. The molecule has 0 heterocycles. The number of carbonyl (C=O) groups is 2. The van der Waals surface area contributed by atoms with Gasteiger partial charge in [0.15, 0.2) is 6.10 Å². The number of phosphoric acid groups is 1. The van der Waals surface area contributed by atoms with E-state index in [0.29, 0.717) is 12.8 Å². The molecule has 1 aliphatic carbocycles. The third-order valence-corrected chi connectivity index (χ3v) is 14.3. The number of unbranched alkanes of at least 4 members (excludes halogenated alkanes) is 34. The molecule has 0 amide bonds. The number of rotatable bonds is 48. The van der Waals surface area contributed by atoms with Crippen LogP contribution in [0, 0.1) is 0 Å². The summed E-state index contributed by atoms with van der Waals surface area (Å²) in [5.41, 5.74) is 0. The predicted molar refractivity (Wildman–Crippen MR) is 272 cm³/mol. The van der Waals surface area contributed by atoms with Crippen LogP contribution in [0.4, 0.5) is 0 Å². The fourth-order valence-electron chi connectivity index (χ4n) is 8.87. The molecule has 6 atom stereocenters. The van der Waals surface area contributed by atoms with Crippen LogP contribution in [-0.4, -0.2) is 98.3 Å². The van der Waals surface area contributed by atoms with Crippen LogP contribution in [0.3, 0.4) is 0 Å². The molecule has 1 saturated carbocycles. The number of ether oxygens (including phenoxy) is 2. The van der Waals surface area contributed by atoms with Gasteiger partial charge in [0.05, 0.1) is 6.61 Å². The molecule has 14 heteroatoms. The van der Waals surface area contributed by atoms with Crippen LogP contribution in [0.25, 0.3) is 0 Å². The van der Waals surface area contributed by atoms with Crippen LogP contribution >= 0.6 is 7.82 Å². The SMILES string of the molecule is CCCCCCCCCC/C=C\CCCCCCCCCCCC(=O)OC(COC(=O)CCCCCCCCCCCCCCCCCCCC)COP(=O)(O)OC1C(O)C(O)C(O)C(O)C1O. The summed E-state index contributed by atoms with van der Waals surface area (Å²) in [6.45, 7) is 3.36. The minimum atomic E-state index is -5.12. The van der Waals surface area contributed by atoms with Crippen molar-refractivity contribution >= 4 is 19.8 Å². The van der Waals surface area contributed by atoms with Crippen molar-refractivity contribution in [2.45, 2.75) is 307 Å². The van der Waals surface area contributed by atoms with Crippen molar-refractivity contribution < 1.29 is 63.1 Å². The molecule has 0 radical (unpaired) electrons. The molecule has 6 N–H and O–H groups in total. The zero-order valence-electron chi connectivity index (χ0n) is 43.2. The highest BCUT2D eigenvalue weighted by atomic mass is 31.2. The van der Waals surface area contributed by atoms with Gasteiger partial charge < -0.3 is 39.9 Å². The van der Waals surface area contributed by atoms with Crippen LogP contribution in [-0.2, 0) is 32.7 Å². The Morgan fingerprint density at radius 3 is 1.12 bits per heavy atom. The fourth-order valence-corrected chi connectivity index (χ4v) is 9.85. The molecule has 1 aliphatic rings. The normalized spacial score (nSPS) is 21.0. The van der Waals surface area contributed by atoms with Gasteiger partial charge >= 0.3 is 19.8 Å². The van der Waals surface area contributed by atoms with Gasteiger partial charge in [0.1, 0.15) is 43.2 Å². The first kappa shape index (κ1) is 64.6. The summed E-state index contributed by atoms with van der Waals surface area (Å²) in [6.07, 6.45) is 36.8. The largest absolute Gasteiger partial charge is 0.472 e. The Morgan fingerprint density at radius 1 is 0.441 bits per heavy atom. The second-order valence-corrected chi connectivity index (χ2v) is 21.2. The molecule has 1 rings (SSSR count). The summed E-state index contributed by atoms with van der Waals surface area (Å²) < 4.78 is 33.7. The van der Waals surface area contributed by atoms with Crippen molar-refractivity contribution in [3.8, 4) is 0 Å². The molecule has 1 fully saturated rings. The average Bonchev–Trinajstić information content (AvgIpc) is 3.32. The van der Waals surface area contributed by atoms with Gasteiger partial charge in [-0.3, -0.25) is 18.6 Å². The standard InChI is InChI=1S/C54H103O13P/c1-3-5-7-9-11-13-15-17-19-21-23-24-25-27-29-31-33-35-37-39-41-43-48(56)66-46(45-65-68(62,63)67-54-52(60)50(58)49(57)51(59)53(54)61)44-64-47(55)42-40-38-36-34-32-30-28-26-22-20-18-16-14-12-10-8-6-4-2/h21,23,46,49-54,57-61H,3-20,22,24-45H2,1-2H3,(H,62,63)/b23-21-. The van der Waals surface area contributed by atoms with Gasteiger partial charge in [-0.2, -0.15) is 0 Å². The number of aliphatic hydroxyl groups excluding tert-OH is 5. The molecule has 402 valence electrons. The maximum atomic E-state index is 12.9. The van der Waals surface area contributed by atoms with Crippen LogP contribution in [0.1, 0.15) is 264 Å². The smallest absolute Gasteiger partial charge is 0.462 e. The van der Waals surface area contributed by atoms with Crippen molar-refractivity contribution in [1.29, 1.82) is 0 Å². The van der Waals surface area contributed by atoms with Crippen molar-refractivity contribution in [3.63, 3.8) is 0 Å². The van der Waals surface area contributed by atoms with Crippen molar-refractivity contribution in [2.24, 2.45) is 0 Å². The number of esters is 2.